The largest absolute Gasteiger partial charge is 0.459 e. The molecule has 1 fully saturated rings. The van der Waals surface area contributed by atoms with Crippen LogP contribution < -0.4 is 9.64 Å². The fourth-order valence-electron chi connectivity index (χ4n) is 3.87. The molecule has 3 aromatic rings. The molecule has 0 atom stereocenters. The van der Waals surface area contributed by atoms with E-state index in [1.807, 2.05) is 50.2 Å². The van der Waals surface area contributed by atoms with Crippen molar-refractivity contribution in [3.63, 3.8) is 0 Å². The number of piperazine rings is 1. The number of aromatic nitrogens is 1. The van der Waals surface area contributed by atoms with Crippen LogP contribution in [-0.2, 0) is 11.3 Å². The van der Waals surface area contributed by atoms with Crippen LogP contribution in [0.2, 0.25) is 0 Å². The Labute approximate surface area is 195 Å². The predicted octanol–water partition coefficient (Wildman–Crippen LogP) is 5.07. The number of benzene rings is 2. The second-order valence-corrected chi connectivity index (χ2v) is 8.65. The summed E-state index contributed by atoms with van der Waals surface area (Å²) >= 11 is 0. The molecular weight excluding hydrogens is 414 g/mol. The molecule has 0 saturated carbocycles. The second kappa shape index (κ2) is 10.5. The van der Waals surface area contributed by atoms with E-state index >= 15 is 0 Å². The monoisotopic (exact) mass is 445 g/mol. The number of ether oxygens (including phenoxy) is 2. The fourth-order valence-corrected chi connectivity index (χ4v) is 3.87. The van der Waals surface area contributed by atoms with Crippen molar-refractivity contribution < 1.29 is 14.3 Å². The van der Waals surface area contributed by atoms with Crippen molar-refractivity contribution in [1.82, 2.24) is 9.88 Å². The van der Waals surface area contributed by atoms with Crippen molar-refractivity contribution in [3.8, 4) is 11.5 Å². The lowest BCUT2D eigenvalue weighted by Crippen LogP contribution is -2.46. The number of carbonyl (C=O) groups is 1. The van der Waals surface area contributed by atoms with Crippen molar-refractivity contribution in [2.24, 2.45) is 0 Å². The topological polar surface area (TPSA) is 54.9 Å². The van der Waals surface area contributed by atoms with Gasteiger partial charge in [-0.05, 0) is 62.7 Å². The van der Waals surface area contributed by atoms with Gasteiger partial charge in [0.2, 0.25) is 0 Å². The zero-order valence-corrected chi connectivity index (χ0v) is 19.5. The Hall–Kier alpha value is -3.38. The molecule has 0 bridgehead atoms. The third-order valence-corrected chi connectivity index (χ3v) is 5.61. The van der Waals surface area contributed by atoms with E-state index < -0.39 is 0 Å². The second-order valence-electron chi connectivity index (χ2n) is 8.65. The van der Waals surface area contributed by atoms with Gasteiger partial charge >= 0.3 is 5.97 Å². The smallest absolute Gasteiger partial charge is 0.342 e. The molecule has 33 heavy (non-hydrogen) atoms. The lowest BCUT2D eigenvalue weighted by molar-refractivity contribution is 0.0378. The minimum Gasteiger partial charge on any atom is -0.459 e. The summed E-state index contributed by atoms with van der Waals surface area (Å²) < 4.78 is 11.3. The van der Waals surface area contributed by atoms with Gasteiger partial charge in [-0.1, -0.05) is 29.8 Å². The number of aryl methyl sites for hydroxylation is 1. The zero-order valence-electron chi connectivity index (χ0n) is 19.5. The van der Waals surface area contributed by atoms with Crippen LogP contribution in [0.1, 0.15) is 35.3 Å². The zero-order chi connectivity index (χ0) is 23.2. The molecular formula is C27H31N3O3. The van der Waals surface area contributed by atoms with E-state index in [1.54, 1.807) is 18.3 Å². The molecule has 0 amide bonds. The van der Waals surface area contributed by atoms with Gasteiger partial charge < -0.3 is 14.4 Å². The normalized spacial score (nSPS) is 14.4. The number of pyridine rings is 1. The Bertz CT molecular complexity index is 1060. The maximum absolute atomic E-state index is 12.5. The minimum absolute atomic E-state index is 0.156. The Morgan fingerprint density at radius 2 is 1.58 bits per heavy atom. The van der Waals surface area contributed by atoms with E-state index in [2.05, 4.69) is 33.8 Å². The Balaban J connectivity index is 1.32. The first kappa shape index (κ1) is 22.8. The SMILES string of the molecule is Cc1ccc(Oc2ccc(CN3CCN(c4ncccc4C(=O)OC(C)C)CC3)cc2)cc1. The van der Waals surface area contributed by atoms with Gasteiger partial charge in [-0.15, -0.1) is 0 Å². The van der Waals surface area contributed by atoms with Gasteiger partial charge in [0.1, 0.15) is 22.9 Å². The molecule has 0 unspecified atom stereocenters. The molecule has 0 radical (unpaired) electrons. The predicted molar refractivity (Wildman–Crippen MR) is 130 cm³/mol. The van der Waals surface area contributed by atoms with Crippen LogP contribution in [0.5, 0.6) is 11.5 Å². The summed E-state index contributed by atoms with van der Waals surface area (Å²) in [5.41, 5.74) is 3.00. The quantitative estimate of drug-likeness (QED) is 0.473. The minimum atomic E-state index is -0.316. The van der Waals surface area contributed by atoms with Crippen molar-refractivity contribution in [2.75, 3.05) is 31.1 Å². The first-order valence-corrected chi connectivity index (χ1v) is 11.4. The van der Waals surface area contributed by atoms with Crippen molar-refractivity contribution in [3.05, 3.63) is 83.6 Å². The number of hydrogen-bond acceptors (Lipinski definition) is 6. The first-order valence-electron chi connectivity index (χ1n) is 11.4. The van der Waals surface area contributed by atoms with Crippen LogP contribution in [0, 0.1) is 6.92 Å². The lowest BCUT2D eigenvalue weighted by atomic mass is 10.1. The van der Waals surface area contributed by atoms with E-state index in [4.69, 9.17) is 9.47 Å². The van der Waals surface area contributed by atoms with Gasteiger partial charge in [0.25, 0.3) is 0 Å². The highest BCUT2D eigenvalue weighted by molar-refractivity contribution is 5.94. The van der Waals surface area contributed by atoms with Gasteiger partial charge in [0.15, 0.2) is 0 Å². The van der Waals surface area contributed by atoms with Gasteiger partial charge in [0, 0.05) is 38.9 Å². The molecule has 0 aliphatic carbocycles. The van der Waals surface area contributed by atoms with E-state index in [-0.39, 0.29) is 12.1 Å². The Morgan fingerprint density at radius 1 is 0.939 bits per heavy atom. The highest BCUT2D eigenvalue weighted by atomic mass is 16.5. The summed E-state index contributed by atoms with van der Waals surface area (Å²) in [6, 6.07) is 19.9. The molecule has 6 heteroatoms. The molecule has 6 nitrogen and oxygen atoms in total. The molecule has 2 aromatic carbocycles. The third kappa shape index (κ3) is 6.11. The molecule has 1 aliphatic heterocycles. The molecule has 0 spiro atoms. The number of esters is 1. The number of anilines is 1. The number of hydrogen-bond donors (Lipinski definition) is 0. The number of nitrogens with zero attached hydrogens (tertiary/aromatic N) is 3. The fraction of sp³-hybridized carbons (Fsp3) is 0.333. The molecule has 1 aromatic heterocycles. The molecule has 1 saturated heterocycles. The van der Waals surface area contributed by atoms with Crippen LogP contribution in [0.3, 0.4) is 0 Å². The Morgan fingerprint density at radius 3 is 2.21 bits per heavy atom. The Kier molecular flexibility index (Phi) is 7.25. The molecule has 0 N–H and O–H groups in total. The van der Waals surface area contributed by atoms with Gasteiger partial charge in [-0.2, -0.15) is 0 Å². The highest BCUT2D eigenvalue weighted by Crippen LogP contribution is 2.24. The molecule has 172 valence electrons. The van der Waals surface area contributed by atoms with Crippen molar-refractivity contribution in [1.29, 1.82) is 0 Å². The van der Waals surface area contributed by atoms with Crippen LogP contribution in [0.4, 0.5) is 5.82 Å². The van der Waals surface area contributed by atoms with E-state index in [0.717, 1.165) is 44.2 Å². The average molecular weight is 446 g/mol. The standard InChI is InChI=1S/C27H31N3O3/c1-20(2)32-27(31)25-5-4-14-28-26(25)30-17-15-29(16-18-30)19-22-8-12-24(13-9-22)33-23-10-6-21(3)7-11-23/h4-14,20H,15-19H2,1-3H3. The van der Waals surface area contributed by atoms with Gasteiger partial charge in [-0.25, -0.2) is 9.78 Å². The lowest BCUT2D eigenvalue weighted by Gasteiger charge is -2.36. The van der Waals surface area contributed by atoms with Crippen molar-refractivity contribution >= 4 is 11.8 Å². The average Bonchev–Trinajstić information content (AvgIpc) is 2.82. The van der Waals surface area contributed by atoms with Gasteiger partial charge in [0.05, 0.1) is 6.10 Å². The summed E-state index contributed by atoms with van der Waals surface area (Å²) in [5.74, 6) is 2.07. The van der Waals surface area contributed by atoms with Crippen LogP contribution in [0.15, 0.2) is 66.9 Å². The third-order valence-electron chi connectivity index (χ3n) is 5.61. The van der Waals surface area contributed by atoms with E-state index in [0.29, 0.717) is 11.4 Å². The van der Waals surface area contributed by atoms with Crippen molar-refractivity contribution in [2.45, 2.75) is 33.4 Å². The van der Waals surface area contributed by atoms with E-state index in [9.17, 15) is 4.79 Å². The van der Waals surface area contributed by atoms with E-state index in [1.165, 1.54) is 11.1 Å². The van der Waals surface area contributed by atoms with Crippen LogP contribution >= 0.6 is 0 Å². The molecule has 4 rings (SSSR count). The summed E-state index contributed by atoms with van der Waals surface area (Å²) in [7, 11) is 0. The maximum Gasteiger partial charge on any atom is 0.342 e. The number of carbonyl (C=O) groups excluding carboxylic acids is 1. The first-order chi connectivity index (χ1) is 16.0. The molecule has 1 aliphatic rings. The summed E-state index contributed by atoms with van der Waals surface area (Å²) in [6.45, 7) is 10.1. The molecule has 2 heterocycles. The summed E-state index contributed by atoms with van der Waals surface area (Å²) in [6.07, 6.45) is 1.57. The summed E-state index contributed by atoms with van der Waals surface area (Å²) in [4.78, 5) is 21.5. The van der Waals surface area contributed by atoms with Crippen LogP contribution in [-0.4, -0.2) is 48.1 Å². The number of rotatable bonds is 7. The maximum atomic E-state index is 12.5. The highest BCUT2D eigenvalue weighted by Gasteiger charge is 2.23. The van der Waals surface area contributed by atoms with Gasteiger partial charge in [-0.3, -0.25) is 4.90 Å². The van der Waals surface area contributed by atoms with Crippen LogP contribution in [0.25, 0.3) is 0 Å². The summed E-state index contributed by atoms with van der Waals surface area (Å²) in [5, 5.41) is 0.